The third-order valence-corrected chi connectivity index (χ3v) is 9.52. The van der Waals surface area contributed by atoms with E-state index in [1.54, 1.807) is 12.1 Å². The van der Waals surface area contributed by atoms with Crippen molar-refractivity contribution < 1.29 is 24.0 Å². The van der Waals surface area contributed by atoms with Gasteiger partial charge in [0, 0.05) is 32.8 Å². The average Bonchev–Trinajstić information content (AvgIpc) is 3.87. The highest BCUT2D eigenvalue weighted by atomic mass is 127. The molecule has 0 unspecified atom stereocenters. The Morgan fingerprint density at radius 2 is 1.00 bits per heavy atom. The maximum Gasteiger partial charge on any atom is 0.252 e. The molecule has 0 N–H and O–H groups in total. The van der Waals surface area contributed by atoms with Crippen LogP contribution in [0.15, 0.2) is 54.6 Å². The third-order valence-electron chi connectivity index (χ3n) is 7.38. The van der Waals surface area contributed by atoms with Gasteiger partial charge in [-0.2, -0.15) is 0 Å². The number of benzene rings is 2. The van der Waals surface area contributed by atoms with Crippen LogP contribution in [0.4, 0.5) is 0 Å². The van der Waals surface area contributed by atoms with E-state index in [0.717, 1.165) is 48.5 Å². The summed E-state index contributed by atoms with van der Waals surface area (Å²) in [7, 11) is 0. The monoisotopic (exact) mass is 800 g/mol. The van der Waals surface area contributed by atoms with Crippen LogP contribution in [0.25, 0.3) is 0 Å². The second kappa shape index (κ2) is 20.2. The number of halogens is 6. The SMILES string of the molecule is O=C(Cl)C1CC1.O=C(Cl)C1CCC1.O=C(Cl)C1CCCC1.O=C(Cl)[C@@H]1C[C@H]1c1ccccc1.O=C(Cl)c1ccc(I)cc1. The number of carbonyl (C=O) groups is 5. The number of rotatable bonds is 6. The molecule has 0 spiro atoms. The van der Waals surface area contributed by atoms with E-state index >= 15 is 0 Å². The second-order valence-electron chi connectivity index (χ2n) is 10.7. The lowest BCUT2D eigenvalue weighted by atomic mass is 9.87. The van der Waals surface area contributed by atoms with Crippen molar-refractivity contribution in [2.24, 2.45) is 23.7 Å². The molecule has 2 atom stereocenters. The van der Waals surface area contributed by atoms with Gasteiger partial charge in [0.05, 0.1) is 0 Å². The van der Waals surface area contributed by atoms with Crippen LogP contribution < -0.4 is 0 Å². The first-order chi connectivity index (χ1) is 20.4. The quantitative estimate of drug-likeness (QED) is 0.215. The van der Waals surface area contributed by atoms with Crippen LogP contribution >= 0.6 is 80.6 Å². The zero-order valence-electron chi connectivity index (χ0n) is 23.5. The van der Waals surface area contributed by atoms with Gasteiger partial charge in [0.2, 0.25) is 21.0 Å². The first-order valence-corrected chi connectivity index (χ1v) is 17.1. The summed E-state index contributed by atoms with van der Waals surface area (Å²) < 4.78 is 1.10. The van der Waals surface area contributed by atoms with Gasteiger partial charge in [-0.3, -0.25) is 24.0 Å². The second-order valence-corrected chi connectivity index (χ2v) is 13.8. The van der Waals surface area contributed by atoms with E-state index in [4.69, 9.17) is 58.0 Å². The van der Waals surface area contributed by atoms with E-state index in [-0.39, 0.29) is 44.6 Å². The Morgan fingerprint density at radius 3 is 1.28 bits per heavy atom. The van der Waals surface area contributed by atoms with Gasteiger partial charge in [-0.05, 0) is 161 Å². The van der Waals surface area contributed by atoms with Crippen LogP contribution in [0.5, 0.6) is 0 Å². The summed E-state index contributed by atoms with van der Waals surface area (Å²) in [6.45, 7) is 0. The highest BCUT2D eigenvalue weighted by Crippen LogP contribution is 2.48. The van der Waals surface area contributed by atoms with Crippen molar-refractivity contribution in [1.82, 2.24) is 0 Å². The Bertz CT molecular complexity index is 1210. The molecule has 0 bridgehead atoms. The minimum Gasteiger partial charge on any atom is -0.281 e. The molecule has 43 heavy (non-hydrogen) atoms. The van der Waals surface area contributed by atoms with Gasteiger partial charge in [0.15, 0.2) is 0 Å². The summed E-state index contributed by atoms with van der Waals surface area (Å²) in [6.07, 6.45) is 10.6. The predicted octanol–water partition coefficient (Wildman–Crippen LogP) is 9.88. The summed E-state index contributed by atoms with van der Waals surface area (Å²) in [5.74, 6) is 1.09. The standard InChI is InChI=1S/C10H9ClO.C7H4ClIO.C6H9ClO.C5H7ClO.C4H5ClO/c11-10(12)9-6-8(9)7-4-2-1-3-5-7;8-7(10)5-1-3-6(9)4-2-5;7-6(8)5-3-1-2-4-5;6-5(7)4-2-1-3-4;5-4(6)3-1-2-3/h1-5,8-9H,6H2;1-4H;5H,1-4H2;4H,1-3H2;3H,1-2H2/t8-,9+;;;;/m0..../s1. The molecule has 2 aromatic carbocycles. The van der Waals surface area contributed by atoms with Crippen molar-refractivity contribution in [3.05, 3.63) is 69.3 Å². The highest BCUT2D eigenvalue weighted by molar-refractivity contribution is 14.1. The molecule has 234 valence electrons. The van der Waals surface area contributed by atoms with Crippen molar-refractivity contribution in [2.75, 3.05) is 0 Å². The van der Waals surface area contributed by atoms with Crippen molar-refractivity contribution in [1.29, 1.82) is 0 Å². The zero-order valence-corrected chi connectivity index (χ0v) is 29.4. The van der Waals surface area contributed by atoms with Gasteiger partial charge in [-0.25, -0.2) is 0 Å². The first kappa shape index (κ1) is 38.2. The van der Waals surface area contributed by atoms with E-state index in [0.29, 0.717) is 11.5 Å². The van der Waals surface area contributed by atoms with Crippen molar-refractivity contribution in [3.63, 3.8) is 0 Å². The molecule has 4 aliphatic rings. The van der Waals surface area contributed by atoms with Gasteiger partial charge in [0.1, 0.15) is 0 Å². The first-order valence-electron chi connectivity index (χ1n) is 14.2. The van der Waals surface area contributed by atoms with Gasteiger partial charge < -0.3 is 0 Å². The molecule has 0 amide bonds. The molecular formula is C32H34Cl5IO5. The maximum absolute atomic E-state index is 10.8. The molecule has 4 fully saturated rings. The van der Waals surface area contributed by atoms with E-state index < -0.39 is 5.24 Å². The fourth-order valence-electron chi connectivity index (χ4n) is 4.19. The topological polar surface area (TPSA) is 85.3 Å². The molecule has 11 heteroatoms. The van der Waals surface area contributed by atoms with Crippen molar-refractivity contribution in [2.45, 2.75) is 70.1 Å². The Hall–Kier alpha value is -1.03. The fourth-order valence-corrected chi connectivity index (χ4v) is 5.58. The van der Waals surface area contributed by atoms with Gasteiger partial charge in [-0.1, -0.05) is 49.6 Å². The van der Waals surface area contributed by atoms with Crippen LogP contribution in [0.3, 0.4) is 0 Å². The summed E-state index contributed by atoms with van der Waals surface area (Å²) >= 11 is 28.2. The Labute approximate surface area is 291 Å². The lowest BCUT2D eigenvalue weighted by Crippen LogP contribution is -2.16. The van der Waals surface area contributed by atoms with Crippen molar-refractivity contribution in [3.8, 4) is 0 Å². The Kier molecular flexibility index (Phi) is 17.9. The van der Waals surface area contributed by atoms with Gasteiger partial charge in [0.25, 0.3) is 5.24 Å². The third kappa shape index (κ3) is 15.7. The highest BCUT2D eigenvalue weighted by Gasteiger charge is 2.42. The molecular weight excluding hydrogens is 769 g/mol. The van der Waals surface area contributed by atoms with Gasteiger partial charge >= 0.3 is 0 Å². The summed E-state index contributed by atoms with van der Waals surface area (Å²) in [5, 5.41) is -1.04. The summed E-state index contributed by atoms with van der Waals surface area (Å²) in [4.78, 5) is 51.8. The molecule has 4 aliphatic carbocycles. The number of hydrogen-bond acceptors (Lipinski definition) is 5. The molecule has 6 rings (SSSR count). The lowest BCUT2D eigenvalue weighted by Gasteiger charge is -2.19. The largest absolute Gasteiger partial charge is 0.281 e. The Balaban J connectivity index is 0.000000192. The minimum atomic E-state index is -0.406. The van der Waals surface area contributed by atoms with Gasteiger partial charge in [-0.15, -0.1) is 0 Å². The molecule has 0 radical (unpaired) electrons. The molecule has 2 aromatic rings. The summed E-state index contributed by atoms with van der Waals surface area (Å²) in [6, 6.07) is 17.1. The van der Waals surface area contributed by atoms with E-state index in [9.17, 15) is 24.0 Å². The van der Waals surface area contributed by atoms with Crippen LogP contribution in [0.2, 0.25) is 0 Å². The Morgan fingerprint density at radius 1 is 0.558 bits per heavy atom. The number of carbonyl (C=O) groups excluding carboxylic acids is 5. The predicted molar refractivity (Wildman–Crippen MR) is 182 cm³/mol. The normalized spacial score (nSPS) is 20.0. The molecule has 4 saturated carbocycles. The van der Waals surface area contributed by atoms with Crippen LogP contribution in [0, 0.1) is 27.2 Å². The molecule has 0 aromatic heterocycles. The molecule has 5 nitrogen and oxygen atoms in total. The van der Waals surface area contributed by atoms with E-state index in [1.807, 2.05) is 42.5 Å². The minimum absolute atomic E-state index is 0.0778. The van der Waals surface area contributed by atoms with Crippen molar-refractivity contribution >= 4 is 107 Å². The van der Waals surface area contributed by atoms with E-state index in [1.165, 1.54) is 24.8 Å². The van der Waals surface area contributed by atoms with Crippen LogP contribution in [0.1, 0.15) is 86.0 Å². The molecule has 0 saturated heterocycles. The average molecular weight is 803 g/mol. The molecule has 0 aliphatic heterocycles. The zero-order chi connectivity index (χ0) is 31.9. The fraction of sp³-hybridized carbons (Fsp3) is 0.469. The smallest absolute Gasteiger partial charge is 0.252 e. The summed E-state index contributed by atoms with van der Waals surface area (Å²) in [5.41, 5.74) is 1.78. The van der Waals surface area contributed by atoms with Crippen LogP contribution in [-0.2, 0) is 19.2 Å². The maximum atomic E-state index is 10.8. The lowest BCUT2D eigenvalue weighted by molar-refractivity contribution is -0.117. The van der Waals surface area contributed by atoms with E-state index in [2.05, 4.69) is 22.6 Å². The van der Waals surface area contributed by atoms with Crippen LogP contribution in [-0.4, -0.2) is 26.2 Å². The molecule has 0 heterocycles. The number of hydrogen-bond donors (Lipinski definition) is 0.